The van der Waals surface area contributed by atoms with Crippen LogP contribution in [0.3, 0.4) is 0 Å². The first-order valence-corrected chi connectivity index (χ1v) is 23.2. The van der Waals surface area contributed by atoms with Crippen LogP contribution in [0.2, 0.25) is 0 Å². The molecule has 0 unspecified atom stereocenters. The van der Waals surface area contributed by atoms with Crippen molar-refractivity contribution in [3.8, 4) is 67.5 Å². The van der Waals surface area contributed by atoms with E-state index in [-0.39, 0.29) is 5.41 Å². The van der Waals surface area contributed by atoms with E-state index >= 15 is 0 Å². The third-order valence-corrected chi connectivity index (χ3v) is 15.0. The van der Waals surface area contributed by atoms with Gasteiger partial charge in [-0.25, -0.2) is 15.0 Å². The lowest BCUT2D eigenvalue weighted by molar-refractivity contribution is 0.662. The third-order valence-electron chi connectivity index (χ3n) is 13.8. The molecule has 6 heteroatoms. The minimum absolute atomic E-state index is 0.170. The number of benzene rings is 9. The second-order valence-corrected chi connectivity index (χ2v) is 18.9. The van der Waals surface area contributed by atoms with E-state index < -0.39 is 0 Å². The van der Waals surface area contributed by atoms with Gasteiger partial charge in [0.25, 0.3) is 0 Å². The van der Waals surface area contributed by atoms with Crippen LogP contribution < -0.4 is 0 Å². The van der Waals surface area contributed by atoms with Gasteiger partial charge < -0.3 is 8.83 Å². The molecule has 9 aromatic carbocycles. The molecule has 0 radical (unpaired) electrons. The van der Waals surface area contributed by atoms with Crippen molar-refractivity contribution in [2.24, 2.45) is 0 Å². The van der Waals surface area contributed by atoms with Gasteiger partial charge in [-0.15, -0.1) is 11.3 Å². The van der Waals surface area contributed by atoms with Crippen LogP contribution in [0.1, 0.15) is 25.0 Å². The van der Waals surface area contributed by atoms with Gasteiger partial charge >= 0.3 is 0 Å². The fourth-order valence-electron chi connectivity index (χ4n) is 10.8. The Bertz CT molecular complexity index is 4170. The molecule has 0 amide bonds. The maximum Gasteiger partial charge on any atom is 0.165 e. The predicted octanol–water partition coefficient (Wildman–Crippen LogP) is 16.7. The van der Waals surface area contributed by atoms with Crippen molar-refractivity contribution in [1.82, 2.24) is 15.0 Å². The molecule has 0 N–H and O–H groups in total. The third kappa shape index (κ3) is 5.36. The first-order chi connectivity index (χ1) is 32.5. The Morgan fingerprint density at radius 2 is 0.939 bits per heavy atom. The number of furan rings is 2. The molecule has 0 spiro atoms. The van der Waals surface area contributed by atoms with Crippen LogP contribution in [0.15, 0.2) is 197 Å². The normalized spacial score (nSPS) is 13.1. The Morgan fingerprint density at radius 3 is 1.77 bits per heavy atom. The summed E-state index contributed by atoms with van der Waals surface area (Å²) in [6.07, 6.45) is 0. The van der Waals surface area contributed by atoms with Crippen LogP contribution in [0.5, 0.6) is 0 Å². The van der Waals surface area contributed by atoms with Crippen molar-refractivity contribution in [3.05, 3.63) is 199 Å². The van der Waals surface area contributed by atoms with Crippen molar-refractivity contribution in [3.63, 3.8) is 0 Å². The van der Waals surface area contributed by atoms with Crippen LogP contribution in [0.25, 0.3) is 132 Å². The van der Waals surface area contributed by atoms with Crippen LogP contribution in [-0.2, 0) is 5.41 Å². The Kier molecular flexibility index (Phi) is 7.84. The predicted molar refractivity (Wildman–Crippen MR) is 272 cm³/mol. The molecule has 0 atom stereocenters. The molecular formula is C60H37N3O2S. The highest BCUT2D eigenvalue weighted by Crippen LogP contribution is 2.53. The average molecular weight is 864 g/mol. The van der Waals surface area contributed by atoms with Gasteiger partial charge in [-0.05, 0) is 93.0 Å². The second-order valence-electron chi connectivity index (χ2n) is 17.8. The largest absolute Gasteiger partial charge is 0.456 e. The van der Waals surface area contributed by atoms with Gasteiger partial charge in [0.1, 0.15) is 22.3 Å². The van der Waals surface area contributed by atoms with E-state index in [9.17, 15) is 0 Å². The lowest BCUT2D eigenvalue weighted by atomic mass is 9.78. The molecule has 0 bridgehead atoms. The molecule has 1 aliphatic rings. The van der Waals surface area contributed by atoms with E-state index in [0.29, 0.717) is 17.5 Å². The minimum Gasteiger partial charge on any atom is -0.456 e. The molecule has 0 fully saturated rings. The zero-order valence-corrected chi connectivity index (χ0v) is 36.8. The SMILES string of the molecule is CC1(C)c2ccccc2-c2cccc(-c3cccc(-c4ccc5oc6ccccc6c5c4-c4nc(-c5cccc6c5sc5ccccc56)nc(-c5cccc6oc7ccccc7c56)n4)c3)c21. The maximum atomic E-state index is 6.64. The van der Waals surface area contributed by atoms with Gasteiger partial charge in [0, 0.05) is 63.8 Å². The van der Waals surface area contributed by atoms with Crippen LogP contribution in [0, 0.1) is 0 Å². The van der Waals surface area contributed by atoms with Crippen molar-refractivity contribution in [1.29, 1.82) is 0 Å². The molecule has 0 saturated carbocycles. The fourth-order valence-corrected chi connectivity index (χ4v) is 12.1. The Hall–Kier alpha value is -8.19. The summed E-state index contributed by atoms with van der Waals surface area (Å²) in [5, 5.41) is 6.34. The van der Waals surface area contributed by atoms with Crippen molar-refractivity contribution in [2.75, 3.05) is 0 Å². The minimum atomic E-state index is -0.170. The zero-order chi connectivity index (χ0) is 43.7. The Labute approximate surface area is 383 Å². The highest BCUT2D eigenvalue weighted by atomic mass is 32.1. The number of hydrogen-bond donors (Lipinski definition) is 0. The molecule has 66 heavy (non-hydrogen) atoms. The van der Waals surface area contributed by atoms with Crippen molar-refractivity contribution >= 4 is 75.4 Å². The maximum absolute atomic E-state index is 6.64. The number of thiophene rings is 1. The first kappa shape index (κ1) is 37.2. The number of nitrogens with zero attached hydrogens (tertiary/aromatic N) is 3. The number of hydrogen-bond acceptors (Lipinski definition) is 6. The summed E-state index contributed by atoms with van der Waals surface area (Å²) in [5.74, 6) is 1.73. The van der Waals surface area contributed by atoms with E-state index in [2.05, 4.69) is 166 Å². The first-order valence-electron chi connectivity index (χ1n) is 22.3. The number of rotatable bonds is 5. The highest BCUT2D eigenvalue weighted by molar-refractivity contribution is 7.26. The molecule has 0 aliphatic heterocycles. The molecule has 310 valence electrons. The Morgan fingerprint density at radius 1 is 0.394 bits per heavy atom. The van der Waals surface area contributed by atoms with Crippen LogP contribution in [-0.4, -0.2) is 15.0 Å². The molecular weight excluding hydrogens is 827 g/mol. The van der Waals surface area contributed by atoms with E-state index in [4.69, 9.17) is 23.8 Å². The summed E-state index contributed by atoms with van der Waals surface area (Å²) in [6, 6.07) is 66.5. The summed E-state index contributed by atoms with van der Waals surface area (Å²) in [7, 11) is 0. The standard InChI is InChI=1S/C60H37N3O2S/c1-60(2)46-26-7-3-17-38(46)40-22-12-21-37(55(40)60)35-16-11-15-34(33-35)36-31-32-50-53(43-20-5-9-28-48(43)65-50)54(36)59-62-57(44-24-14-29-49-52(44)42-19-4-8-27-47(42)64-49)61-58(63-59)45-25-13-23-41-39-18-6-10-30-51(39)66-56(41)45/h3-33H,1-2H3. The average Bonchev–Trinajstić information content (AvgIpc) is 4.12. The summed E-state index contributed by atoms with van der Waals surface area (Å²) in [4.78, 5) is 16.5. The summed E-state index contributed by atoms with van der Waals surface area (Å²) < 4.78 is 15.4. The summed E-state index contributed by atoms with van der Waals surface area (Å²) in [6.45, 7) is 4.70. The van der Waals surface area contributed by atoms with E-state index in [0.717, 1.165) is 82.0 Å². The van der Waals surface area contributed by atoms with E-state index in [1.54, 1.807) is 11.3 Å². The molecule has 0 saturated heterocycles. The second kappa shape index (κ2) is 13.9. The monoisotopic (exact) mass is 863 g/mol. The van der Waals surface area contributed by atoms with Crippen molar-refractivity contribution < 1.29 is 8.83 Å². The molecule has 4 heterocycles. The quantitative estimate of drug-likeness (QED) is 0.172. The lowest BCUT2D eigenvalue weighted by Gasteiger charge is -2.24. The topological polar surface area (TPSA) is 65.0 Å². The van der Waals surface area contributed by atoms with E-state index in [1.807, 2.05) is 36.4 Å². The van der Waals surface area contributed by atoms with Gasteiger partial charge in [-0.1, -0.05) is 153 Å². The molecule has 5 nitrogen and oxygen atoms in total. The molecule has 4 aromatic heterocycles. The highest BCUT2D eigenvalue weighted by Gasteiger charge is 2.37. The van der Waals surface area contributed by atoms with Crippen LogP contribution in [0.4, 0.5) is 0 Å². The van der Waals surface area contributed by atoms with Crippen LogP contribution >= 0.6 is 11.3 Å². The Balaban J connectivity index is 1.06. The van der Waals surface area contributed by atoms with E-state index in [1.165, 1.54) is 43.3 Å². The van der Waals surface area contributed by atoms with Gasteiger partial charge in [-0.3, -0.25) is 0 Å². The van der Waals surface area contributed by atoms with Gasteiger partial charge in [0.2, 0.25) is 0 Å². The zero-order valence-electron chi connectivity index (χ0n) is 36.0. The molecule has 14 rings (SSSR count). The smallest absolute Gasteiger partial charge is 0.165 e. The lowest BCUT2D eigenvalue weighted by Crippen LogP contribution is -2.16. The number of para-hydroxylation sites is 2. The van der Waals surface area contributed by atoms with Gasteiger partial charge in [-0.2, -0.15) is 0 Å². The summed E-state index contributed by atoms with van der Waals surface area (Å²) in [5.41, 5.74) is 15.5. The van der Waals surface area contributed by atoms with Gasteiger partial charge in [0.15, 0.2) is 17.5 Å². The molecule has 13 aromatic rings. The number of aromatic nitrogens is 3. The fraction of sp³-hybridized carbons (Fsp3) is 0.0500. The molecule has 1 aliphatic carbocycles. The van der Waals surface area contributed by atoms with Crippen molar-refractivity contribution in [2.45, 2.75) is 19.3 Å². The number of fused-ring (bicyclic) bond motifs is 12. The van der Waals surface area contributed by atoms with Gasteiger partial charge in [0.05, 0.1) is 0 Å². The summed E-state index contributed by atoms with van der Waals surface area (Å²) >= 11 is 1.77.